The maximum absolute atomic E-state index is 11.3. The Balaban J connectivity index is 1.91. The van der Waals surface area contributed by atoms with Gasteiger partial charge in [-0.25, -0.2) is 0 Å². The van der Waals surface area contributed by atoms with Crippen LogP contribution in [0, 0.1) is 15.5 Å². The number of nitrogens with zero attached hydrogens (tertiary/aromatic N) is 2. The molecule has 1 atom stereocenters. The molecule has 2 aliphatic rings. The zero-order valence-electron chi connectivity index (χ0n) is 12.0. The second-order valence-corrected chi connectivity index (χ2v) is 6.58. The lowest BCUT2D eigenvalue weighted by Gasteiger charge is -2.46. The van der Waals surface area contributed by atoms with Gasteiger partial charge in [-0.15, -0.1) is 0 Å². The van der Waals surface area contributed by atoms with Crippen molar-refractivity contribution in [2.75, 3.05) is 31.1 Å². The fourth-order valence-electron chi connectivity index (χ4n) is 3.74. The molecule has 0 amide bonds. The Morgan fingerprint density at radius 1 is 1.33 bits per heavy atom. The van der Waals surface area contributed by atoms with Crippen molar-refractivity contribution in [3.05, 3.63) is 33.3 Å². The van der Waals surface area contributed by atoms with E-state index in [0.29, 0.717) is 10.7 Å². The molecule has 1 aromatic rings. The van der Waals surface area contributed by atoms with Crippen molar-refractivity contribution in [2.24, 2.45) is 5.41 Å². The van der Waals surface area contributed by atoms with Gasteiger partial charge in [0.05, 0.1) is 9.95 Å². The number of nitrogens with one attached hydrogen (secondary N) is 1. The molecule has 114 valence electrons. The van der Waals surface area contributed by atoms with E-state index in [4.69, 9.17) is 11.6 Å². The maximum Gasteiger partial charge on any atom is 0.294 e. The van der Waals surface area contributed by atoms with E-state index >= 15 is 0 Å². The zero-order chi connectivity index (χ0) is 14.9. The SMILES string of the molecule is O=[N+]([O-])c1cccc(Cl)c1N1CCCC2(CCCNC2)C1. The second kappa shape index (κ2) is 5.81. The molecular weight excluding hydrogens is 290 g/mol. The molecule has 2 fully saturated rings. The van der Waals surface area contributed by atoms with Crippen LogP contribution in [0.5, 0.6) is 0 Å². The second-order valence-electron chi connectivity index (χ2n) is 6.17. The Kier molecular flexibility index (Phi) is 4.04. The van der Waals surface area contributed by atoms with Gasteiger partial charge in [-0.3, -0.25) is 10.1 Å². The molecule has 1 unspecified atom stereocenters. The third kappa shape index (κ3) is 2.85. The summed E-state index contributed by atoms with van der Waals surface area (Å²) in [6, 6.07) is 4.93. The maximum atomic E-state index is 11.3. The fraction of sp³-hybridized carbons (Fsp3) is 0.600. The van der Waals surface area contributed by atoms with Gasteiger partial charge in [-0.2, -0.15) is 0 Å². The predicted octanol–water partition coefficient (Wildman–Crippen LogP) is 3.22. The van der Waals surface area contributed by atoms with Crippen LogP contribution in [-0.2, 0) is 0 Å². The number of piperidine rings is 2. The molecule has 1 aromatic carbocycles. The Bertz CT molecular complexity index is 538. The van der Waals surface area contributed by atoms with E-state index in [1.807, 2.05) is 0 Å². The van der Waals surface area contributed by atoms with Crippen LogP contribution in [0.15, 0.2) is 18.2 Å². The molecule has 0 aliphatic carbocycles. The summed E-state index contributed by atoms with van der Waals surface area (Å²) in [5.74, 6) is 0. The first-order valence-electron chi connectivity index (χ1n) is 7.50. The molecule has 0 radical (unpaired) electrons. The van der Waals surface area contributed by atoms with Crippen LogP contribution >= 0.6 is 11.6 Å². The van der Waals surface area contributed by atoms with Crippen LogP contribution in [0.1, 0.15) is 25.7 Å². The smallest absolute Gasteiger partial charge is 0.294 e. The van der Waals surface area contributed by atoms with E-state index < -0.39 is 0 Å². The highest BCUT2D eigenvalue weighted by molar-refractivity contribution is 6.33. The van der Waals surface area contributed by atoms with Crippen molar-refractivity contribution in [3.8, 4) is 0 Å². The topological polar surface area (TPSA) is 58.4 Å². The summed E-state index contributed by atoms with van der Waals surface area (Å²) < 4.78 is 0. The molecule has 6 heteroatoms. The van der Waals surface area contributed by atoms with Gasteiger partial charge in [0.15, 0.2) is 0 Å². The minimum absolute atomic E-state index is 0.114. The fourth-order valence-corrected chi connectivity index (χ4v) is 4.03. The molecule has 21 heavy (non-hydrogen) atoms. The number of anilines is 1. The number of nitro benzene ring substituents is 1. The Morgan fingerprint density at radius 2 is 2.14 bits per heavy atom. The summed E-state index contributed by atoms with van der Waals surface area (Å²) in [6.45, 7) is 3.77. The Labute approximate surface area is 129 Å². The molecule has 1 N–H and O–H groups in total. The van der Waals surface area contributed by atoms with Crippen molar-refractivity contribution in [2.45, 2.75) is 25.7 Å². The van der Waals surface area contributed by atoms with Gasteiger partial charge in [0.1, 0.15) is 5.69 Å². The van der Waals surface area contributed by atoms with Crippen LogP contribution in [0.3, 0.4) is 0 Å². The van der Waals surface area contributed by atoms with Gasteiger partial charge in [0.2, 0.25) is 0 Å². The highest BCUT2D eigenvalue weighted by atomic mass is 35.5. The van der Waals surface area contributed by atoms with Crippen molar-refractivity contribution >= 4 is 23.0 Å². The van der Waals surface area contributed by atoms with E-state index in [-0.39, 0.29) is 16.0 Å². The highest BCUT2D eigenvalue weighted by Crippen LogP contribution is 2.42. The minimum atomic E-state index is -0.332. The first-order chi connectivity index (χ1) is 10.1. The summed E-state index contributed by atoms with van der Waals surface area (Å²) in [7, 11) is 0. The summed E-state index contributed by atoms with van der Waals surface area (Å²) in [6.07, 6.45) is 4.62. The average Bonchev–Trinajstić information content (AvgIpc) is 2.47. The lowest BCUT2D eigenvalue weighted by molar-refractivity contribution is -0.384. The van der Waals surface area contributed by atoms with Crippen molar-refractivity contribution < 1.29 is 4.92 Å². The lowest BCUT2D eigenvalue weighted by Crippen LogP contribution is -2.51. The Hall–Kier alpha value is -1.33. The molecular formula is C15H20ClN3O2. The van der Waals surface area contributed by atoms with Crippen molar-refractivity contribution in [1.82, 2.24) is 5.32 Å². The van der Waals surface area contributed by atoms with Gasteiger partial charge in [0.25, 0.3) is 5.69 Å². The molecule has 0 saturated carbocycles. The number of benzene rings is 1. The van der Waals surface area contributed by atoms with Crippen LogP contribution in [0.4, 0.5) is 11.4 Å². The minimum Gasteiger partial charge on any atom is -0.364 e. The van der Waals surface area contributed by atoms with Gasteiger partial charge in [0, 0.05) is 31.1 Å². The first-order valence-corrected chi connectivity index (χ1v) is 7.88. The molecule has 2 heterocycles. The molecule has 1 spiro atoms. The number of halogens is 1. The summed E-state index contributed by atoms with van der Waals surface area (Å²) in [5, 5.41) is 15.2. The molecule has 3 rings (SSSR count). The average molecular weight is 310 g/mol. The summed E-state index contributed by atoms with van der Waals surface area (Å²) in [4.78, 5) is 13.1. The van der Waals surface area contributed by atoms with E-state index in [0.717, 1.165) is 32.6 Å². The first kappa shape index (κ1) is 14.6. The standard InChI is InChI=1S/C15H20ClN3O2/c16-12-4-1-5-13(19(20)21)14(12)18-9-3-7-15(11-18)6-2-8-17-10-15/h1,4-5,17H,2-3,6-11H2. The van der Waals surface area contributed by atoms with Crippen LogP contribution < -0.4 is 10.2 Å². The number of hydrogen-bond acceptors (Lipinski definition) is 4. The van der Waals surface area contributed by atoms with E-state index in [9.17, 15) is 10.1 Å². The third-order valence-electron chi connectivity index (χ3n) is 4.70. The molecule has 0 aromatic heterocycles. The largest absolute Gasteiger partial charge is 0.364 e. The van der Waals surface area contributed by atoms with E-state index in [2.05, 4.69) is 10.2 Å². The van der Waals surface area contributed by atoms with Gasteiger partial charge in [-0.05, 0) is 38.3 Å². The quantitative estimate of drug-likeness (QED) is 0.673. The lowest BCUT2D eigenvalue weighted by atomic mass is 9.74. The Morgan fingerprint density at radius 3 is 2.86 bits per heavy atom. The third-order valence-corrected chi connectivity index (χ3v) is 5.01. The van der Waals surface area contributed by atoms with Crippen LogP contribution in [0.2, 0.25) is 5.02 Å². The van der Waals surface area contributed by atoms with Gasteiger partial charge < -0.3 is 10.2 Å². The molecule has 0 bridgehead atoms. The monoisotopic (exact) mass is 309 g/mol. The van der Waals surface area contributed by atoms with E-state index in [1.54, 1.807) is 18.2 Å². The number of nitro groups is 1. The molecule has 2 saturated heterocycles. The van der Waals surface area contributed by atoms with Crippen LogP contribution in [-0.4, -0.2) is 31.1 Å². The van der Waals surface area contributed by atoms with Gasteiger partial charge >= 0.3 is 0 Å². The summed E-state index contributed by atoms with van der Waals surface area (Å²) in [5.41, 5.74) is 0.945. The highest BCUT2D eigenvalue weighted by Gasteiger charge is 2.38. The van der Waals surface area contributed by atoms with Gasteiger partial charge in [-0.1, -0.05) is 17.7 Å². The predicted molar refractivity (Wildman–Crippen MR) is 84.1 cm³/mol. The molecule has 5 nitrogen and oxygen atoms in total. The molecule has 2 aliphatic heterocycles. The van der Waals surface area contributed by atoms with E-state index in [1.165, 1.54) is 19.3 Å². The summed E-state index contributed by atoms with van der Waals surface area (Å²) >= 11 is 6.27. The van der Waals surface area contributed by atoms with Crippen molar-refractivity contribution in [3.63, 3.8) is 0 Å². The number of rotatable bonds is 2. The zero-order valence-corrected chi connectivity index (χ0v) is 12.7. The van der Waals surface area contributed by atoms with Crippen LogP contribution in [0.25, 0.3) is 0 Å². The normalized spacial score (nSPS) is 26.0. The number of para-hydroxylation sites is 1. The number of hydrogen-bond donors (Lipinski definition) is 1. The van der Waals surface area contributed by atoms with Crippen molar-refractivity contribution in [1.29, 1.82) is 0 Å².